The first kappa shape index (κ1) is 14.6. The molecule has 0 saturated heterocycles. The number of ether oxygens (including phenoxy) is 1. The van der Waals surface area contributed by atoms with Crippen LogP contribution in [-0.2, 0) is 23.2 Å². The van der Waals surface area contributed by atoms with Crippen molar-refractivity contribution in [3.8, 4) is 5.69 Å². The third kappa shape index (κ3) is 2.86. The van der Waals surface area contributed by atoms with Crippen LogP contribution in [0.2, 0.25) is 10.3 Å². The Morgan fingerprint density at radius 3 is 2.65 bits per heavy atom. The summed E-state index contributed by atoms with van der Waals surface area (Å²) in [6, 6.07) is 4.84. The maximum absolute atomic E-state index is 12.0. The van der Waals surface area contributed by atoms with Gasteiger partial charge in [-0.25, -0.2) is 14.0 Å². The fraction of sp³-hybridized carbons (Fsp3) is 0.250. The standard InChI is InChI=1S/C12H11Cl2N3O3/c1-7(18)20-6-8-5-9(13)3-4-10(8)17-11(14)15-16(2)12(17)19/h3-5H,6H2,1-2H3. The fourth-order valence-corrected chi connectivity index (χ4v) is 2.18. The van der Waals surface area contributed by atoms with E-state index in [4.69, 9.17) is 27.9 Å². The van der Waals surface area contributed by atoms with Gasteiger partial charge in [0.25, 0.3) is 0 Å². The first-order valence-electron chi connectivity index (χ1n) is 5.64. The molecule has 1 aromatic heterocycles. The lowest BCUT2D eigenvalue weighted by Crippen LogP contribution is -2.22. The first-order valence-corrected chi connectivity index (χ1v) is 6.39. The number of halogens is 2. The Kier molecular flexibility index (Phi) is 4.15. The quantitative estimate of drug-likeness (QED) is 0.812. The Labute approximate surface area is 124 Å². The molecule has 0 spiro atoms. The minimum Gasteiger partial charge on any atom is -0.461 e. The molecule has 0 amide bonds. The average molecular weight is 316 g/mol. The van der Waals surface area contributed by atoms with Gasteiger partial charge in [-0.1, -0.05) is 11.6 Å². The highest BCUT2D eigenvalue weighted by Gasteiger charge is 2.15. The molecule has 106 valence electrons. The van der Waals surface area contributed by atoms with Crippen LogP contribution < -0.4 is 5.69 Å². The smallest absolute Gasteiger partial charge is 0.351 e. The summed E-state index contributed by atoms with van der Waals surface area (Å²) in [6.45, 7) is 1.29. The number of esters is 1. The second-order valence-electron chi connectivity index (χ2n) is 4.06. The lowest BCUT2D eigenvalue weighted by Gasteiger charge is -2.10. The van der Waals surface area contributed by atoms with E-state index in [0.29, 0.717) is 16.3 Å². The molecule has 1 aromatic carbocycles. The number of carbonyl (C=O) groups excluding carboxylic acids is 1. The van der Waals surface area contributed by atoms with Crippen molar-refractivity contribution in [1.82, 2.24) is 14.3 Å². The molecule has 0 aliphatic rings. The van der Waals surface area contributed by atoms with Gasteiger partial charge in [0.2, 0.25) is 5.28 Å². The van der Waals surface area contributed by atoms with Gasteiger partial charge in [0.05, 0.1) is 5.69 Å². The summed E-state index contributed by atoms with van der Waals surface area (Å²) in [5.74, 6) is -0.430. The van der Waals surface area contributed by atoms with Crippen molar-refractivity contribution in [2.45, 2.75) is 13.5 Å². The van der Waals surface area contributed by atoms with Crippen molar-refractivity contribution in [1.29, 1.82) is 0 Å². The van der Waals surface area contributed by atoms with E-state index in [1.165, 1.54) is 18.5 Å². The summed E-state index contributed by atoms with van der Waals surface area (Å²) in [6.07, 6.45) is 0. The van der Waals surface area contributed by atoms with Gasteiger partial charge in [-0.15, -0.1) is 5.10 Å². The average Bonchev–Trinajstić information content (AvgIpc) is 2.62. The molecule has 1 heterocycles. The van der Waals surface area contributed by atoms with E-state index in [0.717, 1.165) is 4.68 Å². The van der Waals surface area contributed by atoms with Gasteiger partial charge >= 0.3 is 11.7 Å². The van der Waals surface area contributed by atoms with Crippen molar-refractivity contribution >= 4 is 29.2 Å². The second kappa shape index (κ2) is 5.68. The number of nitrogens with zero attached hydrogens (tertiary/aromatic N) is 3. The van der Waals surface area contributed by atoms with E-state index < -0.39 is 11.7 Å². The Bertz CT molecular complexity index is 721. The lowest BCUT2D eigenvalue weighted by molar-refractivity contribution is -0.142. The number of rotatable bonds is 3. The zero-order valence-corrected chi connectivity index (χ0v) is 12.3. The van der Waals surface area contributed by atoms with Crippen molar-refractivity contribution in [3.63, 3.8) is 0 Å². The predicted molar refractivity (Wildman–Crippen MR) is 74.3 cm³/mol. The number of aryl methyl sites for hydroxylation is 1. The van der Waals surface area contributed by atoms with Crippen molar-refractivity contribution in [3.05, 3.63) is 44.6 Å². The van der Waals surface area contributed by atoms with Crippen LogP contribution in [0.3, 0.4) is 0 Å². The molecule has 0 unspecified atom stereocenters. The molecule has 0 aliphatic heterocycles. The monoisotopic (exact) mass is 315 g/mol. The lowest BCUT2D eigenvalue weighted by atomic mass is 10.2. The molecule has 2 rings (SSSR count). The van der Waals surface area contributed by atoms with Gasteiger partial charge in [0, 0.05) is 24.6 Å². The molecule has 0 N–H and O–H groups in total. The zero-order valence-electron chi connectivity index (χ0n) is 10.8. The van der Waals surface area contributed by atoms with Gasteiger partial charge in [0.15, 0.2) is 0 Å². The third-order valence-electron chi connectivity index (χ3n) is 2.60. The zero-order chi connectivity index (χ0) is 14.9. The molecular formula is C12H11Cl2N3O3. The molecule has 0 radical (unpaired) electrons. The van der Waals surface area contributed by atoms with Crippen molar-refractivity contribution in [2.24, 2.45) is 7.05 Å². The van der Waals surface area contributed by atoms with Crippen molar-refractivity contribution < 1.29 is 9.53 Å². The van der Waals surface area contributed by atoms with Crippen LogP contribution in [0.15, 0.2) is 23.0 Å². The second-order valence-corrected chi connectivity index (χ2v) is 4.84. The largest absolute Gasteiger partial charge is 0.461 e. The van der Waals surface area contributed by atoms with Gasteiger partial charge in [-0.3, -0.25) is 4.79 Å². The highest BCUT2D eigenvalue weighted by atomic mass is 35.5. The molecule has 0 aliphatic carbocycles. The topological polar surface area (TPSA) is 66.1 Å². The molecule has 8 heteroatoms. The summed E-state index contributed by atoms with van der Waals surface area (Å²) >= 11 is 11.9. The summed E-state index contributed by atoms with van der Waals surface area (Å²) in [5, 5.41) is 4.32. The fourth-order valence-electron chi connectivity index (χ4n) is 1.70. The van der Waals surface area contributed by atoms with E-state index in [9.17, 15) is 9.59 Å². The summed E-state index contributed by atoms with van der Waals surface area (Å²) < 4.78 is 7.28. The minimum atomic E-state index is -0.430. The Hall–Kier alpha value is -1.79. The van der Waals surface area contributed by atoms with Crippen LogP contribution in [-0.4, -0.2) is 20.3 Å². The Balaban J connectivity index is 2.55. The van der Waals surface area contributed by atoms with Crippen LogP contribution in [0.1, 0.15) is 12.5 Å². The Morgan fingerprint density at radius 2 is 2.10 bits per heavy atom. The van der Waals surface area contributed by atoms with Crippen molar-refractivity contribution in [2.75, 3.05) is 0 Å². The molecule has 20 heavy (non-hydrogen) atoms. The van der Waals surface area contributed by atoms with E-state index >= 15 is 0 Å². The maximum Gasteiger partial charge on any atom is 0.351 e. The highest BCUT2D eigenvalue weighted by Crippen LogP contribution is 2.22. The van der Waals surface area contributed by atoms with Crippen LogP contribution in [0.5, 0.6) is 0 Å². The maximum atomic E-state index is 12.0. The highest BCUT2D eigenvalue weighted by molar-refractivity contribution is 6.30. The number of carbonyl (C=O) groups is 1. The van der Waals surface area contributed by atoms with Crippen LogP contribution in [0.4, 0.5) is 0 Å². The Morgan fingerprint density at radius 1 is 1.40 bits per heavy atom. The van der Waals surface area contributed by atoms with E-state index in [-0.39, 0.29) is 11.9 Å². The normalized spacial score (nSPS) is 10.6. The molecule has 6 nitrogen and oxygen atoms in total. The number of benzene rings is 1. The summed E-state index contributed by atoms with van der Waals surface area (Å²) in [4.78, 5) is 22.9. The van der Waals surface area contributed by atoms with E-state index in [1.54, 1.807) is 18.2 Å². The predicted octanol–water partition coefficient (Wildman–Crippen LogP) is 1.94. The number of hydrogen-bond acceptors (Lipinski definition) is 4. The van der Waals surface area contributed by atoms with Crippen LogP contribution >= 0.6 is 23.2 Å². The molecule has 0 atom stereocenters. The number of aromatic nitrogens is 3. The van der Waals surface area contributed by atoms with Gasteiger partial charge < -0.3 is 4.74 Å². The van der Waals surface area contributed by atoms with Gasteiger partial charge in [-0.05, 0) is 29.8 Å². The summed E-state index contributed by atoms with van der Waals surface area (Å²) in [7, 11) is 1.49. The molecule has 0 fully saturated rings. The first-order chi connectivity index (χ1) is 9.40. The van der Waals surface area contributed by atoms with Gasteiger partial charge in [0.1, 0.15) is 6.61 Å². The molecule has 2 aromatic rings. The van der Waals surface area contributed by atoms with Crippen LogP contribution in [0.25, 0.3) is 5.69 Å². The summed E-state index contributed by atoms with van der Waals surface area (Å²) in [5.41, 5.74) is 0.629. The SMILES string of the molecule is CC(=O)OCc1cc(Cl)ccc1-n1c(Cl)nn(C)c1=O. The third-order valence-corrected chi connectivity index (χ3v) is 3.08. The van der Waals surface area contributed by atoms with E-state index in [2.05, 4.69) is 5.10 Å². The minimum absolute atomic E-state index is 0.0110. The van der Waals surface area contributed by atoms with E-state index in [1.807, 2.05) is 0 Å². The molecular weight excluding hydrogens is 305 g/mol. The van der Waals surface area contributed by atoms with Gasteiger partial charge in [-0.2, -0.15) is 0 Å². The number of hydrogen-bond donors (Lipinski definition) is 0. The molecule has 0 saturated carbocycles. The molecule has 0 bridgehead atoms. The van der Waals surface area contributed by atoms with Crippen LogP contribution in [0, 0.1) is 0 Å².